The van der Waals surface area contributed by atoms with Gasteiger partial charge in [-0.3, -0.25) is 4.79 Å². The summed E-state index contributed by atoms with van der Waals surface area (Å²) in [5.74, 6) is -2.33. The molecule has 5 nitrogen and oxygen atoms in total. The molecule has 0 unspecified atom stereocenters. The average molecular weight is 469 g/mol. The maximum Gasteiger partial charge on any atom is 0.307 e. The Kier molecular flexibility index (Phi) is 6.65. The molecule has 0 aliphatic carbocycles. The minimum absolute atomic E-state index is 0.134. The van der Waals surface area contributed by atoms with E-state index in [1.54, 1.807) is 24.3 Å². The molecule has 0 fully saturated rings. The van der Waals surface area contributed by atoms with E-state index < -0.39 is 21.6 Å². The number of carboxylic acids is 1. The van der Waals surface area contributed by atoms with Crippen molar-refractivity contribution in [3.8, 4) is 11.5 Å². The van der Waals surface area contributed by atoms with Crippen LogP contribution in [0.4, 0.5) is 4.39 Å². The molecule has 3 aromatic rings. The van der Waals surface area contributed by atoms with Gasteiger partial charge >= 0.3 is 5.97 Å². The van der Waals surface area contributed by atoms with Gasteiger partial charge in [0.25, 0.3) is 0 Å². The van der Waals surface area contributed by atoms with Crippen molar-refractivity contribution in [3.05, 3.63) is 87.7 Å². The number of aliphatic carboxylic acids is 1. The van der Waals surface area contributed by atoms with Gasteiger partial charge in [-0.05, 0) is 59.7 Å². The molecule has 0 saturated heterocycles. The van der Waals surface area contributed by atoms with Crippen LogP contribution in [0.15, 0.2) is 65.6 Å². The summed E-state index contributed by atoms with van der Waals surface area (Å²) in [6, 6.07) is 13.9. The van der Waals surface area contributed by atoms with E-state index in [9.17, 15) is 17.6 Å². The van der Waals surface area contributed by atoms with E-state index in [0.29, 0.717) is 16.1 Å². The summed E-state index contributed by atoms with van der Waals surface area (Å²) in [7, 11) is -3.79. The lowest BCUT2D eigenvalue weighted by molar-refractivity contribution is -0.136. The van der Waals surface area contributed by atoms with Gasteiger partial charge < -0.3 is 9.84 Å². The second kappa shape index (κ2) is 9.04. The summed E-state index contributed by atoms with van der Waals surface area (Å²) >= 11 is 11.8. The molecule has 0 amide bonds. The average Bonchev–Trinajstić information content (AvgIpc) is 2.64. The highest BCUT2D eigenvalue weighted by atomic mass is 35.5. The predicted molar refractivity (Wildman–Crippen MR) is 112 cm³/mol. The summed E-state index contributed by atoms with van der Waals surface area (Å²) < 4.78 is 45.2. The molecule has 3 aromatic carbocycles. The van der Waals surface area contributed by atoms with Gasteiger partial charge in [0.2, 0.25) is 0 Å². The first-order valence-corrected chi connectivity index (χ1v) is 11.0. The monoisotopic (exact) mass is 468 g/mol. The van der Waals surface area contributed by atoms with Gasteiger partial charge in [-0.15, -0.1) is 0 Å². The quantitative estimate of drug-likeness (QED) is 0.493. The number of ether oxygens (including phenoxy) is 1. The van der Waals surface area contributed by atoms with Gasteiger partial charge in [-0.25, -0.2) is 12.8 Å². The standard InChI is InChI=1S/C21H15Cl2FO5S/c22-15-3-1-13(2-4-15)12-30(27,28)18-5-6-20(19(24)11-18)29-17-8-14(9-21(25)26)7-16(23)10-17/h1-8,10-11H,9,12H2,(H,25,26). The molecule has 0 radical (unpaired) electrons. The lowest BCUT2D eigenvalue weighted by Gasteiger charge is -2.11. The fourth-order valence-electron chi connectivity index (χ4n) is 2.72. The molecule has 0 spiro atoms. The van der Waals surface area contributed by atoms with Crippen LogP contribution in [0.2, 0.25) is 10.0 Å². The van der Waals surface area contributed by atoms with E-state index in [1.165, 1.54) is 30.3 Å². The van der Waals surface area contributed by atoms with Gasteiger partial charge in [0.15, 0.2) is 21.4 Å². The van der Waals surface area contributed by atoms with Crippen LogP contribution in [0.25, 0.3) is 0 Å². The molecule has 156 valence electrons. The van der Waals surface area contributed by atoms with Crippen molar-refractivity contribution in [1.82, 2.24) is 0 Å². The number of sulfone groups is 1. The van der Waals surface area contributed by atoms with Gasteiger partial charge in [0, 0.05) is 10.0 Å². The number of benzene rings is 3. The van der Waals surface area contributed by atoms with Crippen LogP contribution in [-0.2, 0) is 26.8 Å². The molecule has 0 aliphatic heterocycles. The summed E-state index contributed by atoms with van der Waals surface area (Å²) in [6.07, 6.45) is -0.277. The van der Waals surface area contributed by atoms with Gasteiger partial charge in [-0.2, -0.15) is 0 Å². The number of carbonyl (C=O) groups is 1. The van der Waals surface area contributed by atoms with Crippen molar-refractivity contribution in [2.24, 2.45) is 0 Å². The Balaban J connectivity index is 1.82. The van der Waals surface area contributed by atoms with Crippen LogP contribution in [0.3, 0.4) is 0 Å². The Morgan fingerprint density at radius 1 is 0.933 bits per heavy atom. The Morgan fingerprint density at radius 3 is 2.27 bits per heavy atom. The number of hydrogen-bond donors (Lipinski definition) is 1. The molecule has 0 aromatic heterocycles. The van der Waals surface area contributed by atoms with Crippen LogP contribution in [0.5, 0.6) is 11.5 Å². The summed E-state index contributed by atoms with van der Waals surface area (Å²) in [6.45, 7) is 0. The largest absolute Gasteiger partial charge is 0.481 e. The number of hydrogen-bond acceptors (Lipinski definition) is 4. The van der Waals surface area contributed by atoms with Crippen LogP contribution in [0, 0.1) is 5.82 Å². The molecule has 9 heteroatoms. The Morgan fingerprint density at radius 2 is 1.63 bits per heavy atom. The van der Waals surface area contributed by atoms with Gasteiger partial charge in [0.1, 0.15) is 5.75 Å². The van der Waals surface area contributed by atoms with Crippen molar-refractivity contribution < 1.29 is 27.4 Å². The molecule has 0 aliphatic rings. The second-order valence-electron chi connectivity index (χ2n) is 6.45. The number of halogens is 3. The highest BCUT2D eigenvalue weighted by Gasteiger charge is 2.18. The number of carboxylic acid groups (broad SMARTS) is 1. The fraction of sp³-hybridized carbons (Fsp3) is 0.0952. The van der Waals surface area contributed by atoms with Crippen molar-refractivity contribution in [3.63, 3.8) is 0 Å². The lowest BCUT2D eigenvalue weighted by Crippen LogP contribution is -2.05. The molecule has 0 saturated carbocycles. The Labute approximate surface area is 182 Å². The SMILES string of the molecule is O=C(O)Cc1cc(Cl)cc(Oc2ccc(S(=O)(=O)Cc3ccc(Cl)cc3)cc2F)c1. The van der Waals surface area contributed by atoms with Gasteiger partial charge in [-0.1, -0.05) is 35.3 Å². The van der Waals surface area contributed by atoms with E-state index in [-0.39, 0.29) is 33.6 Å². The smallest absolute Gasteiger partial charge is 0.307 e. The zero-order valence-corrected chi connectivity index (χ0v) is 17.6. The first kappa shape index (κ1) is 22.1. The van der Waals surface area contributed by atoms with E-state index in [0.717, 1.165) is 6.07 Å². The third-order valence-electron chi connectivity index (χ3n) is 4.05. The van der Waals surface area contributed by atoms with E-state index in [4.69, 9.17) is 33.0 Å². The molecular formula is C21H15Cl2FO5S. The zero-order valence-electron chi connectivity index (χ0n) is 15.3. The van der Waals surface area contributed by atoms with E-state index in [2.05, 4.69) is 0 Å². The summed E-state index contributed by atoms with van der Waals surface area (Å²) in [4.78, 5) is 10.7. The Bertz CT molecular complexity index is 1190. The van der Waals surface area contributed by atoms with Crippen molar-refractivity contribution in [2.45, 2.75) is 17.1 Å². The molecule has 3 rings (SSSR count). The number of rotatable bonds is 7. The van der Waals surface area contributed by atoms with E-state index in [1.807, 2.05) is 0 Å². The summed E-state index contributed by atoms with van der Waals surface area (Å²) in [5, 5.41) is 9.61. The molecule has 1 N–H and O–H groups in total. The zero-order chi connectivity index (χ0) is 21.9. The van der Waals surface area contributed by atoms with Crippen LogP contribution >= 0.6 is 23.2 Å². The lowest BCUT2D eigenvalue weighted by atomic mass is 10.1. The first-order valence-electron chi connectivity index (χ1n) is 8.58. The normalized spacial score (nSPS) is 11.3. The molecule has 30 heavy (non-hydrogen) atoms. The van der Waals surface area contributed by atoms with E-state index >= 15 is 0 Å². The predicted octanol–water partition coefficient (Wildman–Crippen LogP) is 5.53. The second-order valence-corrected chi connectivity index (χ2v) is 9.31. The van der Waals surface area contributed by atoms with Crippen LogP contribution in [0.1, 0.15) is 11.1 Å². The fourth-order valence-corrected chi connectivity index (χ4v) is 4.45. The molecule has 0 heterocycles. The highest BCUT2D eigenvalue weighted by molar-refractivity contribution is 7.90. The van der Waals surface area contributed by atoms with Crippen molar-refractivity contribution in [1.29, 1.82) is 0 Å². The third-order valence-corrected chi connectivity index (χ3v) is 6.20. The topological polar surface area (TPSA) is 80.7 Å². The van der Waals surface area contributed by atoms with Crippen LogP contribution in [-0.4, -0.2) is 19.5 Å². The Hall–Kier alpha value is -2.61. The van der Waals surface area contributed by atoms with Gasteiger partial charge in [0.05, 0.1) is 17.1 Å². The molecule has 0 atom stereocenters. The first-order chi connectivity index (χ1) is 14.1. The van der Waals surface area contributed by atoms with Crippen molar-refractivity contribution in [2.75, 3.05) is 0 Å². The maximum atomic E-state index is 14.5. The minimum Gasteiger partial charge on any atom is -0.481 e. The van der Waals surface area contributed by atoms with Crippen LogP contribution < -0.4 is 4.74 Å². The molecular weight excluding hydrogens is 454 g/mol. The third kappa shape index (κ3) is 5.72. The van der Waals surface area contributed by atoms with Crippen molar-refractivity contribution >= 4 is 39.0 Å². The highest BCUT2D eigenvalue weighted by Crippen LogP contribution is 2.30. The maximum absolute atomic E-state index is 14.5. The summed E-state index contributed by atoms with van der Waals surface area (Å²) in [5.41, 5.74) is 0.901. The molecule has 0 bridgehead atoms. The minimum atomic E-state index is -3.79.